The Morgan fingerprint density at radius 2 is 1.52 bits per heavy atom. The molecule has 1 aliphatic rings. The highest BCUT2D eigenvalue weighted by atomic mass is 16.5. The maximum absolute atomic E-state index is 13.1. The van der Waals surface area contributed by atoms with Crippen LogP contribution in [0, 0.1) is 0 Å². The molecule has 1 aromatic heterocycles. The molecule has 4 rings (SSSR count). The molecule has 33 heavy (non-hydrogen) atoms. The molecule has 0 radical (unpaired) electrons. The second-order valence-electron chi connectivity index (χ2n) is 8.64. The largest absolute Gasteiger partial charge is 0.497 e. The third-order valence-electron chi connectivity index (χ3n) is 6.11. The van der Waals surface area contributed by atoms with Crippen LogP contribution in [-0.4, -0.2) is 48.1 Å². The molecule has 0 aliphatic carbocycles. The van der Waals surface area contributed by atoms with Gasteiger partial charge in [-0.1, -0.05) is 26.0 Å². The predicted octanol–water partition coefficient (Wildman–Crippen LogP) is 4.45. The van der Waals surface area contributed by atoms with Crippen LogP contribution in [0.3, 0.4) is 0 Å². The maximum atomic E-state index is 13.1. The highest BCUT2D eigenvalue weighted by Gasteiger charge is 2.24. The maximum Gasteiger partial charge on any atom is 0.227 e. The van der Waals surface area contributed by atoms with E-state index in [1.165, 1.54) is 0 Å². The van der Waals surface area contributed by atoms with E-state index in [1.54, 1.807) is 14.2 Å². The van der Waals surface area contributed by atoms with Gasteiger partial charge in [0.1, 0.15) is 17.3 Å². The van der Waals surface area contributed by atoms with Gasteiger partial charge in [-0.25, -0.2) is 9.97 Å². The minimum absolute atomic E-state index is 0.135. The van der Waals surface area contributed by atoms with Crippen LogP contribution in [-0.2, 0) is 24.1 Å². The fraction of sp³-hybridized carbons (Fsp3) is 0.370. The van der Waals surface area contributed by atoms with Crippen LogP contribution < -0.4 is 9.47 Å². The summed E-state index contributed by atoms with van der Waals surface area (Å²) in [5.74, 6) is 2.82. The topological polar surface area (TPSA) is 64.5 Å². The summed E-state index contributed by atoms with van der Waals surface area (Å²) in [4.78, 5) is 24.9. The Hall–Kier alpha value is -3.41. The summed E-state index contributed by atoms with van der Waals surface area (Å²) in [7, 11) is 3.31. The van der Waals surface area contributed by atoms with Crippen LogP contribution in [0.1, 0.15) is 42.4 Å². The molecule has 2 aromatic carbocycles. The summed E-state index contributed by atoms with van der Waals surface area (Å²) >= 11 is 0. The van der Waals surface area contributed by atoms with Gasteiger partial charge in [-0.05, 0) is 48.4 Å². The number of methoxy groups -OCH3 is 2. The molecule has 172 valence electrons. The fourth-order valence-corrected chi connectivity index (χ4v) is 4.14. The number of amides is 1. The minimum atomic E-state index is 0.135. The summed E-state index contributed by atoms with van der Waals surface area (Å²) in [6.45, 7) is 5.55. The molecular weight excluding hydrogens is 414 g/mol. The zero-order valence-corrected chi connectivity index (χ0v) is 19.8. The average Bonchev–Trinajstić information content (AvgIpc) is 3.07. The minimum Gasteiger partial charge on any atom is -0.497 e. The lowest BCUT2D eigenvalue weighted by molar-refractivity contribution is -0.130. The average molecular weight is 446 g/mol. The van der Waals surface area contributed by atoms with Gasteiger partial charge < -0.3 is 14.4 Å². The zero-order chi connectivity index (χ0) is 23.4. The van der Waals surface area contributed by atoms with Crippen molar-refractivity contribution in [2.45, 2.75) is 39.0 Å². The van der Waals surface area contributed by atoms with Crippen molar-refractivity contribution < 1.29 is 14.3 Å². The molecule has 2 heterocycles. The second kappa shape index (κ2) is 10.0. The van der Waals surface area contributed by atoms with Crippen molar-refractivity contribution in [2.75, 3.05) is 27.3 Å². The molecular formula is C27H31N3O3. The molecule has 1 amide bonds. The first-order chi connectivity index (χ1) is 16.0. The van der Waals surface area contributed by atoms with Crippen molar-refractivity contribution in [1.29, 1.82) is 0 Å². The molecule has 0 spiro atoms. The zero-order valence-electron chi connectivity index (χ0n) is 19.8. The molecule has 0 saturated heterocycles. The van der Waals surface area contributed by atoms with E-state index in [1.807, 2.05) is 53.4 Å². The summed E-state index contributed by atoms with van der Waals surface area (Å²) < 4.78 is 10.5. The summed E-state index contributed by atoms with van der Waals surface area (Å²) in [5, 5.41) is 0. The van der Waals surface area contributed by atoms with Crippen molar-refractivity contribution in [1.82, 2.24) is 14.9 Å². The van der Waals surface area contributed by atoms with E-state index in [0.29, 0.717) is 19.5 Å². The molecule has 1 aliphatic heterocycles. The Morgan fingerprint density at radius 3 is 2.12 bits per heavy atom. The third-order valence-corrected chi connectivity index (χ3v) is 6.11. The van der Waals surface area contributed by atoms with Crippen LogP contribution in [0.25, 0.3) is 11.3 Å². The molecule has 0 N–H and O–H groups in total. The standard InChI is InChI=1S/C27H31N3O3/c1-18(2)27-28-24-14-16-30(25(31)17-19-5-9-21(32-3)10-6-19)15-13-23(24)26(29-27)20-7-11-22(33-4)12-8-20/h5-12,18H,13-17H2,1-4H3. The molecule has 0 fully saturated rings. The van der Waals surface area contributed by atoms with Gasteiger partial charge >= 0.3 is 0 Å². The Balaban J connectivity index is 1.58. The number of hydrogen-bond donors (Lipinski definition) is 0. The lowest BCUT2D eigenvalue weighted by atomic mass is 10.00. The van der Waals surface area contributed by atoms with Gasteiger partial charge in [0.15, 0.2) is 0 Å². The van der Waals surface area contributed by atoms with Crippen LogP contribution in [0.4, 0.5) is 0 Å². The first-order valence-electron chi connectivity index (χ1n) is 11.4. The quantitative estimate of drug-likeness (QED) is 0.561. The molecule has 0 atom stereocenters. The van der Waals surface area contributed by atoms with E-state index in [9.17, 15) is 4.79 Å². The number of nitrogens with zero attached hydrogens (tertiary/aromatic N) is 3. The predicted molar refractivity (Wildman–Crippen MR) is 129 cm³/mol. The summed E-state index contributed by atoms with van der Waals surface area (Å²) in [6.07, 6.45) is 1.85. The Labute approximate surface area is 195 Å². The van der Waals surface area contributed by atoms with Crippen LogP contribution >= 0.6 is 0 Å². The number of ether oxygens (including phenoxy) is 2. The van der Waals surface area contributed by atoms with Crippen LogP contribution in [0.5, 0.6) is 11.5 Å². The van der Waals surface area contributed by atoms with E-state index < -0.39 is 0 Å². The SMILES string of the molecule is COc1ccc(CC(=O)N2CCc3nc(C(C)C)nc(-c4ccc(OC)cc4)c3CC2)cc1. The number of carbonyl (C=O) groups is 1. The number of carbonyl (C=O) groups excluding carboxylic acids is 1. The molecule has 6 heteroatoms. The van der Waals surface area contributed by atoms with Crippen molar-refractivity contribution in [3.05, 3.63) is 71.2 Å². The van der Waals surface area contributed by atoms with E-state index in [-0.39, 0.29) is 11.8 Å². The lowest BCUT2D eigenvalue weighted by Gasteiger charge is -2.20. The Kier molecular flexibility index (Phi) is 6.92. The Bertz CT molecular complexity index is 1110. The summed E-state index contributed by atoms with van der Waals surface area (Å²) in [6, 6.07) is 15.7. The van der Waals surface area contributed by atoms with Gasteiger partial charge in [0, 0.05) is 42.2 Å². The van der Waals surface area contributed by atoms with Gasteiger partial charge in [-0.15, -0.1) is 0 Å². The molecule has 0 saturated carbocycles. The first kappa shape index (κ1) is 22.8. The van der Waals surface area contributed by atoms with Crippen LogP contribution in [0.2, 0.25) is 0 Å². The number of aromatic nitrogens is 2. The normalized spacial score (nSPS) is 13.4. The van der Waals surface area contributed by atoms with E-state index in [0.717, 1.165) is 58.2 Å². The van der Waals surface area contributed by atoms with Crippen molar-refractivity contribution in [3.8, 4) is 22.8 Å². The van der Waals surface area contributed by atoms with Gasteiger partial charge in [0.2, 0.25) is 5.91 Å². The molecule has 3 aromatic rings. The van der Waals surface area contributed by atoms with Crippen molar-refractivity contribution in [2.24, 2.45) is 0 Å². The third kappa shape index (κ3) is 5.16. The lowest BCUT2D eigenvalue weighted by Crippen LogP contribution is -2.34. The van der Waals surface area contributed by atoms with Gasteiger partial charge in [-0.3, -0.25) is 4.79 Å². The first-order valence-corrected chi connectivity index (χ1v) is 11.4. The van der Waals surface area contributed by atoms with E-state index in [2.05, 4.69) is 13.8 Å². The van der Waals surface area contributed by atoms with Gasteiger partial charge in [0.25, 0.3) is 0 Å². The van der Waals surface area contributed by atoms with Crippen molar-refractivity contribution in [3.63, 3.8) is 0 Å². The van der Waals surface area contributed by atoms with Gasteiger partial charge in [0.05, 0.1) is 26.3 Å². The molecule has 0 bridgehead atoms. The highest BCUT2D eigenvalue weighted by molar-refractivity contribution is 5.79. The van der Waals surface area contributed by atoms with E-state index >= 15 is 0 Å². The Morgan fingerprint density at radius 1 is 0.909 bits per heavy atom. The number of benzene rings is 2. The number of rotatable bonds is 6. The van der Waals surface area contributed by atoms with Crippen LogP contribution in [0.15, 0.2) is 48.5 Å². The smallest absolute Gasteiger partial charge is 0.227 e. The van der Waals surface area contributed by atoms with E-state index in [4.69, 9.17) is 19.4 Å². The second-order valence-corrected chi connectivity index (χ2v) is 8.64. The van der Waals surface area contributed by atoms with Crippen molar-refractivity contribution >= 4 is 5.91 Å². The fourth-order valence-electron chi connectivity index (χ4n) is 4.14. The molecule has 6 nitrogen and oxygen atoms in total. The highest BCUT2D eigenvalue weighted by Crippen LogP contribution is 2.29. The monoisotopic (exact) mass is 445 g/mol. The number of hydrogen-bond acceptors (Lipinski definition) is 5. The van der Waals surface area contributed by atoms with Gasteiger partial charge in [-0.2, -0.15) is 0 Å². The summed E-state index contributed by atoms with van der Waals surface area (Å²) in [5.41, 5.74) is 5.21. The number of fused-ring (bicyclic) bond motifs is 1. The molecule has 0 unspecified atom stereocenters.